The quantitative estimate of drug-likeness (QED) is 0.598. The Morgan fingerprint density at radius 2 is 2.00 bits per heavy atom. The summed E-state index contributed by atoms with van der Waals surface area (Å²) in [6.07, 6.45) is 1.38. The molecule has 1 heterocycles. The fraction of sp³-hybridized carbons (Fsp3) is 0.167. The second-order valence-corrected chi connectivity index (χ2v) is 3.84. The molecule has 0 fully saturated rings. The maximum absolute atomic E-state index is 11.0. The molecule has 19 heavy (non-hydrogen) atoms. The minimum atomic E-state index is -1.33. The number of hydrogen-bond donors (Lipinski definition) is 0. The molecule has 98 valence electrons. The van der Waals surface area contributed by atoms with Crippen LogP contribution >= 0.6 is 0 Å². The van der Waals surface area contributed by atoms with Crippen LogP contribution in [0.5, 0.6) is 0 Å². The van der Waals surface area contributed by atoms with E-state index in [1.165, 1.54) is 35.1 Å². The number of benzene rings is 1. The van der Waals surface area contributed by atoms with Crippen molar-refractivity contribution in [2.24, 2.45) is 0 Å². The van der Waals surface area contributed by atoms with Crippen LogP contribution in [0.4, 0.5) is 5.69 Å². The number of nitro groups is 1. The first-order valence-electron chi connectivity index (χ1n) is 5.56. The second kappa shape index (κ2) is 4.89. The van der Waals surface area contributed by atoms with Gasteiger partial charge in [-0.05, 0) is 19.1 Å². The summed E-state index contributed by atoms with van der Waals surface area (Å²) < 4.78 is 1.47. The molecule has 2 rings (SSSR count). The smallest absolute Gasteiger partial charge is 0.269 e. The summed E-state index contributed by atoms with van der Waals surface area (Å²) in [5, 5.41) is 25.7. The van der Waals surface area contributed by atoms with Crippen molar-refractivity contribution in [2.45, 2.75) is 13.5 Å². The first kappa shape index (κ1) is 12.7. The van der Waals surface area contributed by atoms with E-state index in [0.29, 0.717) is 12.1 Å². The third-order valence-corrected chi connectivity index (χ3v) is 2.66. The van der Waals surface area contributed by atoms with E-state index in [1.54, 1.807) is 0 Å². The van der Waals surface area contributed by atoms with Gasteiger partial charge in [-0.25, -0.2) is 0 Å². The van der Waals surface area contributed by atoms with Crippen molar-refractivity contribution in [1.29, 1.82) is 0 Å². The van der Waals surface area contributed by atoms with E-state index >= 15 is 0 Å². The predicted molar refractivity (Wildman–Crippen MR) is 64.3 cm³/mol. The van der Waals surface area contributed by atoms with E-state index in [2.05, 4.69) is 5.10 Å². The predicted octanol–water partition coefficient (Wildman–Crippen LogP) is 0.842. The van der Waals surface area contributed by atoms with Gasteiger partial charge >= 0.3 is 0 Å². The average molecular weight is 260 g/mol. The van der Waals surface area contributed by atoms with E-state index in [1.807, 2.05) is 6.92 Å². The lowest BCUT2D eigenvalue weighted by atomic mass is 10.1. The molecule has 0 saturated carbocycles. The highest BCUT2D eigenvalue weighted by Crippen LogP contribution is 2.24. The minimum absolute atomic E-state index is 0.0318. The summed E-state index contributed by atoms with van der Waals surface area (Å²) in [6.45, 7) is 2.35. The average Bonchev–Trinajstić information content (AvgIpc) is 2.83. The molecule has 0 saturated heterocycles. The number of nitrogens with zero attached hydrogens (tertiary/aromatic N) is 3. The number of aromatic carboxylic acids is 1. The third kappa shape index (κ3) is 2.44. The molecule has 0 aliphatic heterocycles. The molecule has 0 N–H and O–H groups in total. The van der Waals surface area contributed by atoms with Crippen LogP contribution in [0.1, 0.15) is 17.3 Å². The number of carbonyl (C=O) groups excluding carboxylic acids is 1. The van der Waals surface area contributed by atoms with Crippen LogP contribution in [0, 0.1) is 10.1 Å². The molecule has 0 amide bonds. The SMILES string of the molecule is CCn1cc(C(=O)[O-])c(-c2ccc([N+](=O)[O-])cc2)n1. The summed E-state index contributed by atoms with van der Waals surface area (Å²) >= 11 is 0. The van der Waals surface area contributed by atoms with Crippen molar-refractivity contribution < 1.29 is 14.8 Å². The van der Waals surface area contributed by atoms with Crippen LogP contribution < -0.4 is 5.11 Å². The number of carboxylic acid groups (broad SMARTS) is 1. The molecular weight excluding hydrogens is 250 g/mol. The summed E-state index contributed by atoms with van der Waals surface area (Å²) in [4.78, 5) is 21.1. The van der Waals surface area contributed by atoms with Gasteiger partial charge in [0, 0.05) is 36.0 Å². The molecule has 0 bridgehead atoms. The fourth-order valence-corrected chi connectivity index (χ4v) is 1.69. The molecule has 7 nitrogen and oxygen atoms in total. The topological polar surface area (TPSA) is 101 Å². The maximum Gasteiger partial charge on any atom is 0.269 e. The molecule has 0 unspecified atom stereocenters. The van der Waals surface area contributed by atoms with Crippen LogP contribution in [0.3, 0.4) is 0 Å². The lowest BCUT2D eigenvalue weighted by molar-refractivity contribution is -0.384. The van der Waals surface area contributed by atoms with Crippen LogP contribution in [0.25, 0.3) is 11.3 Å². The Morgan fingerprint density at radius 3 is 2.47 bits per heavy atom. The Kier molecular flexibility index (Phi) is 3.28. The number of nitro benzene ring substituents is 1. The summed E-state index contributed by atoms with van der Waals surface area (Å²) in [6, 6.07) is 5.54. The van der Waals surface area contributed by atoms with Crippen molar-refractivity contribution in [3.8, 4) is 11.3 Å². The summed E-state index contributed by atoms with van der Waals surface area (Å²) in [5.41, 5.74) is 0.651. The van der Waals surface area contributed by atoms with Gasteiger partial charge in [0.25, 0.3) is 5.69 Å². The summed E-state index contributed by atoms with van der Waals surface area (Å²) in [5.74, 6) is -1.33. The van der Waals surface area contributed by atoms with Gasteiger partial charge in [-0.15, -0.1) is 0 Å². The van der Waals surface area contributed by atoms with Gasteiger partial charge in [0.15, 0.2) is 0 Å². The molecule has 0 aliphatic carbocycles. The Bertz CT molecular complexity index is 631. The zero-order valence-corrected chi connectivity index (χ0v) is 10.1. The Labute approximate surface area is 108 Å². The highest BCUT2D eigenvalue weighted by Gasteiger charge is 2.13. The van der Waals surface area contributed by atoms with E-state index in [0.717, 1.165) is 0 Å². The van der Waals surface area contributed by atoms with E-state index in [-0.39, 0.29) is 16.9 Å². The molecule has 7 heteroatoms. The first-order valence-corrected chi connectivity index (χ1v) is 5.56. The lowest BCUT2D eigenvalue weighted by Crippen LogP contribution is -2.22. The van der Waals surface area contributed by atoms with Gasteiger partial charge in [-0.2, -0.15) is 5.10 Å². The van der Waals surface area contributed by atoms with E-state index < -0.39 is 10.9 Å². The standard InChI is InChI=1S/C12H11N3O4/c1-2-14-7-10(12(16)17)11(13-14)8-3-5-9(6-4-8)15(18)19/h3-7H,2H2,1H3,(H,16,17)/p-1. The van der Waals surface area contributed by atoms with E-state index in [9.17, 15) is 20.0 Å². The van der Waals surface area contributed by atoms with E-state index in [4.69, 9.17) is 0 Å². The number of carboxylic acids is 1. The van der Waals surface area contributed by atoms with Crippen molar-refractivity contribution >= 4 is 11.7 Å². The van der Waals surface area contributed by atoms with Crippen molar-refractivity contribution in [1.82, 2.24) is 9.78 Å². The molecule has 2 aromatic rings. The number of rotatable bonds is 4. The number of aryl methyl sites for hydroxylation is 1. The van der Waals surface area contributed by atoms with Gasteiger partial charge in [0.1, 0.15) is 5.69 Å². The largest absolute Gasteiger partial charge is 0.545 e. The molecule has 1 aromatic carbocycles. The van der Waals surface area contributed by atoms with Gasteiger partial charge in [0.05, 0.1) is 10.9 Å². The third-order valence-electron chi connectivity index (χ3n) is 2.66. The minimum Gasteiger partial charge on any atom is -0.545 e. The number of non-ortho nitro benzene ring substituents is 1. The van der Waals surface area contributed by atoms with Crippen molar-refractivity contribution in [2.75, 3.05) is 0 Å². The van der Waals surface area contributed by atoms with Crippen LogP contribution in [0.2, 0.25) is 0 Å². The van der Waals surface area contributed by atoms with Crippen molar-refractivity contribution in [3.05, 3.63) is 46.1 Å². The molecule has 0 atom stereocenters. The zero-order chi connectivity index (χ0) is 14.0. The van der Waals surface area contributed by atoms with Crippen LogP contribution in [-0.4, -0.2) is 20.7 Å². The summed E-state index contributed by atoms with van der Waals surface area (Å²) in [7, 11) is 0. The van der Waals surface area contributed by atoms with Gasteiger partial charge in [-0.1, -0.05) is 0 Å². The molecular formula is C12H10N3O4-. The lowest BCUT2D eigenvalue weighted by Gasteiger charge is -2.02. The number of hydrogen-bond acceptors (Lipinski definition) is 5. The Hall–Kier alpha value is -2.70. The van der Waals surface area contributed by atoms with Gasteiger partial charge in [-0.3, -0.25) is 14.8 Å². The normalized spacial score (nSPS) is 10.4. The maximum atomic E-state index is 11.0. The van der Waals surface area contributed by atoms with Crippen LogP contribution in [0.15, 0.2) is 30.5 Å². The monoisotopic (exact) mass is 260 g/mol. The highest BCUT2D eigenvalue weighted by molar-refractivity contribution is 5.93. The zero-order valence-electron chi connectivity index (χ0n) is 10.1. The number of aromatic nitrogens is 2. The Morgan fingerprint density at radius 1 is 1.37 bits per heavy atom. The van der Waals surface area contributed by atoms with Gasteiger partial charge < -0.3 is 9.90 Å². The van der Waals surface area contributed by atoms with Crippen LogP contribution in [-0.2, 0) is 6.54 Å². The molecule has 0 spiro atoms. The molecule has 0 radical (unpaired) electrons. The number of carbonyl (C=O) groups is 1. The Balaban J connectivity index is 2.48. The molecule has 1 aromatic heterocycles. The fourth-order valence-electron chi connectivity index (χ4n) is 1.69. The first-order chi connectivity index (χ1) is 9.02. The highest BCUT2D eigenvalue weighted by atomic mass is 16.6. The second-order valence-electron chi connectivity index (χ2n) is 3.84. The molecule has 0 aliphatic rings. The van der Waals surface area contributed by atoms with Crippen molar-refractivity contribution in [3.63, 3.8) is 0 Å². The van der Waals surface area contributed by atoms with Gasteiger partial charge in [0.2, 0.25) is 0 Å².